The number of nitrogens with one attached hydrogen (secondary N) is 1. The molecule has 150 valence electrons. The minimum Gasteiger partial charge on any atom is -0.393 e. The summed E-state index contributed by atoms with van der Waals surface area (Å²) in [6.45, 7) is 17.9. The van der Waals surface area contributed by atoms with Crippen molar-refractivity contribution in [3.8, 4) is 0 Å². The molecule has 1 nitrogen and oxygen atoms in total. The topological polar surface area (TPSA) is 12.0 Å². The van der Waals surface area contributed by atoms with E-state index in [2.05, 4.69) is 59.9 Å². The molecule has 1 N–H and O–H groups in total. The maximum Gasteiger partial charge on any atom is 0.167 e. The molecule has 1 saturated heterocycles. The quantitative estimate of drug-likeness (QED) is 0.473. The Bertz CT molecular complexity index is 453. The van der Waals surface area contributed by atoms with Gasteiger partial charge in [-0.05, 0) is 61.2 Å². The molecule has 1 saturated carbocycles. The molecule has 2 rings (SSSR count). The predicted molar refractivity (Wildman–Crippen MR) is 119 cm³/mol. The normalized spacial score (nSPS) is 30.7. The summed E-state index contributed by atoms with van der Waals surface area (Å²) in [6, 6.07) is 0. The van der Waals surface area contributed by atoms with Gasteiger partial charge >= 0.3 is 0 Å². The first-order valence-electron chi connectivity index (χ1n) is 11.7. The Morgan fingerprint density at radius 3 is 2.54 bits per heavy atom. The first-order chi connectivity index (χ1) is 12.3. The van der Waals surface area contributed by atoms with Gasteiger partial charge in [-0.3, -0.25) is 0 Å². The zero-order valence-electron chi connectivity index (χ0n) is 18.9. The summed E-state index contributed by atoms with van der Waals surface area (Å²) in [7, 11) is 0. The molecule has 2 aliphatic rings. The summed E-state index contributed by atoms with van der Waals surface area (Å²) in [6.07, 6.45) is 14.7. The van der Waals surface area contributed by atoms with Gasteiger partial charge < -0.3 is 5.32 Å². The van der Waals surface area contributed by atoms with Gasteiger partial charge in [-0.15, -0.1) is 0 Å². The van der Waals surface area contributed by atoms with Gasteiger partial charge in [0.05, 0.1) is 0 Å². The van der Waals surface area contributed by atoms with Crippen LogP contribution in [0.1, 0.15) is 93.4 Å². The van der Waals surface area contributed by atoms with Crippen LogP contribution >= 0.6 is 0 Å². The van der Waals surface area contributed by atoms with E-state index < -0.39 is 0 Å². The second-order valence-corrected chi connectivity index (χ2v) is 10.5. The predicted octanol–water partition coefficient (Wildman–Crippen LogP) is 7.21. The molecule has 1 aliphatic heterocycles. The zero-order valence-corrected chi connectivity index (χ0v) is 18.9. The molecule has 2 bridgehead atoms. The van der Waals surface area contributed by atoms with Crippen LogP contribution in [0.2, 0.25) is 12.6 Å². The van der Waals surface area contributed by atoms with E-state index in [0.717, 1.165) is 43.2 Å². The smallest absolute Gasteiger partial charge is 0.167 e. The Morgan fingerprint density at radius 1 is 1.19 bits per heavy atom. The highest BCUT2D eigenvalue weighted by molar-refractivity contribution is 6.60. The molecule has 4 unspecified atom stereocenters. The third kappa shape index (κ3) is 5.32. The lowest BCUT2D eigenvalue weighted by atomic mass is 9.36. The molecule has 0 aromatic rings. The second kappa shape index (κ2) is 9.69. The fraction of sp³-hybridized carbons (Fsp3) is 0.917. The third-order valence-electron chi connectivity index (χ3n) is 7.82. The molecule has 0 radical (unpaired) electrons. The van der Waals surface area contributed by atoms with Crippen LogP contribution in [0.5, 0.6) is 0 Å². The Hall–Kier alpha value is -0.395. The van der Waals surface area contributed by atoms with Crippen LogP contribution in [-0.4, -0.2) is 12.7 Å². The first kappa shape index (κ1) is 21.9. The number of hydrogen-bond acceptors (Lipinski definition) is 1. The van der Waals surface area contributed by atoms with E-state index in [-0.39, 0.29) is 0 Å². The highest BCUT2D eigenvalue weighted by atomic mass is 14.9. The van der Waals surface area contributed by atoms with Gasteiger partial charge in [0.1, 0.15) is 0 Å². The van der Waals surface area contributed by atoms with Crippen molar-refractivity contribution in [3.05, 3.63) is 11.8 Å². The first-order valence-corrected chi connectivity index (χ1v) is 11.7. The number of allylic oxidation sites excluding steroid dienone is 2. The second-order valence-electron chi connectivity index (χ2n) is 10.5. The molecule has 2 heteroatoms. The highest BCUT2D eigenvalue weighted by Gasteiger charge is 2.46. The lowest BCUT2D eigenvalue weighted by molar-refractivity contribution is 0.140. The Balaban J connectivity index is 2.17. The van der Waals surface area contributed by atoms with Crippen molar-refractivity contribution in [2.24, 2.45) is 29.1 Å². The SMILES string of the molecule is CC/C=C(\CC)NC(CC(C)C)B1CCCC2CCC(C(C)C1)C2(C)C. The summed E-state index contributed by atoms with van der Waals surface area (Å²) in [4.78, 5) is 0. The van der Waals surface area contributed by atoms with E-state index in [0.29, 0.717) is 11.4 Å². The van der Waals surface area contributed by atoms with Gasteiger partial charge in [-0.25, -0.2) is 0 Å². The van der Waals surface area contributed by atoms with Gasteiger partial charge in [0, 0.05) is 11.6 Å². The largest absolute Gasteiger partial charge is 0.393 e. The summed E-state index contributed by atoms with van der Waals surface area (Å²) in [5.74, 6) is 4.20. The molecule has 0 aromatic carbocycles. The molecule has 1 aliphatic carbocycles. The average molecular weight is 359 g/mol. The molecule has 0 amide bonds. The van der Waals surface area contributed by atoms with Crippen LogP contribution < -0.4 is 5.32 Å². The lowest BCUT2D eigenvalue weighted by Crippen LogP contribution is -2.45. The maximum absolute atomic E-state index is 4.02. The Kier molecular flexibility index (Phi) is 8.17. The van der Waals surface area contributed by atoms with E-state index in [9.17, 15) is 0 Å². The minimum absolute atomic E-state index is 0.561. The molecule has 0 spiro atoms. The Morgan fingerprint density at radius 2 is 1.92 bits per heavy atom. The van der Waals surface area contributed by atoms with Crippen molar-refractivity contribution in [1.29, 1.82) is 0 Å². The molecular weight excluding hydrogens is 313 g/mol. The van der Waals surface area contributed by atoms with Crippen molar-refractivity contribution in [2.75, 3.05) is 0 Å². The van der Waals surface area contributed by atoms with E-state index in [4.69, 9.17) is 0 Å². The van der Waals surface area contributed by atoms with Crippen molar-refractivity contribution in [3.63, 3.8) is 0 Å². The number of rotatable bonds is 7. The number of hydrogen-bond donors (Lipinski definition) is 1. The van der Waals surface area contributed by atoms with Crippen LogP contribution in [0, 0.1) is 29.1 Å². The highest BCUT2D eigenvalue weighted by Crippen LogP contribution is 2.54. The van der Waals surface area contributed by atoms with Crippen LogP contribution in [0.15, 0.2) is 11.8 Å². The van der Waals surface area contributed by atoms with Gasteiger partial charge in [0.15, 0.2) is 6.71 Å². The molecule has 4 atom stereocenters. The van der Waals surface area contributed by atoms with Crippen LogP contribution in [0.4, 0.5) is 0 Å². The lowest BCUT2D eigenvalue weighted by Gasteiger charge is -2.37. The van der Waals surface area contributed by atoms with E-state index in [1.165, 1.54) is 50.4 Å². The molecule has 26 heavy (non-hydrogen) atoms. The third-order valence-corrected chi connectivity index (χ3v) is 7.82. The monoisotopic (exact) mass is 359 g/mol. The Labute approximate surface area is 165 Å². The summed E-state index contributed by atoms with van der Waals surface area (Å²) in [5.41, 5.74) is 2.04. The van der Waals surface area contributed by atoms with E-state index in [1.807, 2.05) is 0 Å². The van der Waals surface area contributed by atoms with E-state index >= 15 is 0 Å². The molecule has 0 aromatic heterocycles. The van der Waals surface area contributed by atoms with E-state index in [1.54, 1.807) is 0 Å². The van der Waals surface area contributed by atoms with Crippen LogP contribution in [-0.2, 0) is 0 Å². The minimum atomic E-state index is 0.561. The average Bonchev–Trinajstić information content (AvgIpc) is 2.88. The van der Waals surface area contributed by atoms with Crippen LogP contribution in [0.25, 0.3) is 0 Å². The van der Waals surface area contributed by atoms with Crippen molar-refractivity contribution < 1.29 is 0 Å². The molecule has 1 heterocycles. The van der Waals surface area contributed by atoms with Gasteiger partial charge in [0.25, 0.3) is 0 Å². The molecular formula is C24H46BN. The standard InChI is InChI=1S/C24H46BN/c1-8-11-21(9-2)26-23(16-18(3)4)25-15-10-12-20-13-14-22(19(5)17-25)24(20,6)7/h11,18-20,22-23,26H,8-10,12-17H2,1-7H3/b21-11+. The fourth-order valence-electron chi connectivity index (χ4n) is 6.38. The number of fused-ring (bicyclic) bond motifs is 2. The van der Waals surface area contributed by atoms with Gasteiger partial charge in [-0.1, -0.05) is 80.0 Å². The van der Waals surface area contributed by atoms with Crippen LogP contribution in [0.3, 0.4) is 0 Å². The fourth-order valence-corrected chi connectivity index (χ4v) is 6.38. The van der Waals surface area contributed by atoms with Crippen molar-refractivity contribution >= 4 is 6.71 Å². The molecule has 2 fully saturated rings. The van der Waals surface area contributed by atoms with Gasteiger partial charge in [-0.2, -0.15) is 0 Å². The summed E-state index contributed by atoms with van der Waals surface area (Å²) in [5, 5.41) is 4.02. The summed E-state index contributed by atoms with van der Waals surface area (Å²) < 4.78 is 0. The van der Waals surface area contributed by atoms with Gasteiger partial charge in [0.2, 0.25) is 0 Å². The summed E-state index contributed by atoms with van der Waals surface area (Å²) >= 11 is 0. The van der Waals surface area contributed by atoms with Crippen molar-refractivity contribution in [1.82, 2.24) is 5.32 Å². The van der Waals surface area contributed by atoms with Crippen molar-refractivity contribution in [2.45, 2.75) is 112 Å². The zero-order chi connectivity index (χ0) is 19.3. The maximum atomic E-state index is 4.02.